The zero-order chi connectivity index (χ0) is 26.7. The number of carbonyl (C=O) groups is 1. The fourth-order valence-corrected chi connectivity index (χ4v) is 3.96. The van der Waals surface area contributed by atoms with Crippen molar-refractivity contribution in [2.24, 2.45) is 0 Å². The van der Waals surface area contributed by atoms with Gasteiger partial charge in [0.05, 0.1) is 11.8 Å². The minimum atomic E-state index is -4.48. The van der Waals surface area contributed by atoms with Gasteiger partial charge >= 0.3 is 6.18 Å². The van der Waals surface area contributed by atoms with Crippen LogP contribution >= 0.6 is 0 Å². The van der Waals surface area contributed by atoms with Crippen LogP contribution in [0.3, 0.4) is 0 Å². The number of furan rings is 1. The standard InChI is InChI=1S/C25H21F3N6O4/c1-15-20(29-22(38-15)6-8-25(26,27)28)14-37-21-12-17-13-34(23(35)5-4-18-3-2-10-36-18)9-7-16(17)11-19(21)24-30-32-33-31-24/h2-6,8,10-12H,7,9,13-14H2,1H3,(H,30,31,32,33)/b5-4+,8-6+. The van der Waals surface area contributed by atoms with Gasteiger partial charge in [-0.1, -0.05) is 0 Å². The van der Waals surface area contributed by atoms with Crippen molar-refractivity contribution in [3.8, 4) is 17.1 Å². The summed E-state index contributed by atoms with van der Waals surface area (Å²) >= 11 is 0. The lowest BCUT2D eigenvalue weighted by Crippen LogP contribution is -2.34. The Labute approximate surface area is 213 Å². The number of tetrazole rings is 1. The molecule has 5 rings (SSSR count). The number of oxazole rings is 1. The molecule has 0 spiro atoms. The van der Waals surface area contributed by atoms with E-state index in [0.717, 1.165) is 17.2 Å². The molecule has 3 aromatic heterocycles. The summed E-state index contributed by atoms with van der Waals surface area (Å²) in [7, 11) is 0. The second-order valence-electron chi connectivity index (χ2n) is 8.43. The zero-order valence-corrected chi connectivity index (χ0v) is 20.0. The molecule has 0 saturated carbocycles. The number of carbonyl (C=O) groups excluding carboxylic acids is 1. The molecule has 13 heteroatoms. The maximum absolute atomic E-state index is 12.7. The molecule has 0 fully saturated rings. The third kappa shape index (κ3) is 5.82. The molecule has 0 radical (unpaired) electrons. The van der Waals surface area contributed by atoms with Gasteiger partial charge < -0.3 is 18.5 Å². The van der Waals surface area contributed by atoms with Gasteiger partial charge in [-0.25, -0.2) is 4.98 Å². The van der Waals surface area contributed by atoms with Crippen molar-refractivity contribution < 1.29 is 31.5 Å². The number of fused-ring (bicyclic) bond motifs is 1. The highest BCUT2D eigenvalue weighted by Crippen LogP contribution is 2.34. The molecule has 0 bridgehead atoms. The average molecular weight is 526 g/mol. The lowest BCUT2D eigenvalue weighted by molar-refractivity contribution is -0.126. The first-order valence-corrected chi connectivity index (χ1v) is 11.5. The van der Waals surface area contributed by atoms with Gasteiger partial charge in [0, 0.05) is 31.3 Å². The fraction of sp³-hybridized carbons (Fsp3) is 0.240. The van der Waals surface area contributed by atoms with Gasteiger partial charge in [0.1, 0.15) is 29.6 Å². The van der Waals surface area contributed by atoms with Crippen molar-refractivity contribution in [1.82, 2.24) is 30.5 Å². The number of alkyl halides is 3. The van der Waals surface area contributed by atoms with Crippen molar-refractivity contribution in [3.63, 3.8) is 0 Å². The van der Waals surface area contributed by atoms with Crippen LogP contribution in [-0.2, 0) is 24.4 Å². The van der Waals surface area contributed by atoms with Crippen LogP contribution in [0.15, 0.2) is 51.5 Å². The number of aromatic nitrogens is 5. The maximum Gasteiger partial charge on any atom is 0.409 e. The average Bonchev–Trinajstić information content (AvgIpc) is 3.66. The molecule has 4 aromatic rings. The van der Waals surface area contributed by atoms with Gasteiger partial charge in [-0.3, -0.25) is 4.79 Å². The summed E-state index contributed by atoms with van der Waals surface area (Å²) in [6.45, 7) is 2.39. The number of nitrogens with zero attached hydrogens (tertiary/aromatic N) is 5. The molecule has 38 heavy (non-hydrogen) atoms. The minimum Gasteiger partial charge on any atom is -0.486 e. The number of benzene rings is 1. The topological polar surface area (TPSA) is 123 Å². The van der Waals surface area contributed by atoms with Gasteiger partial charge in [-0.15, -0.1) is 10.2 Å². The van der Waals surface area contributed by atoms with E-state index in [1.807, 2.05) is 6.07 Å². The molecule has 0 saturated heterocycles. The van der Waals surface area contributed by atoms with Crippen molar-refractivity contribution in [2.45, 2.75) is 32.7 Å². The molecule has 10 nitrogen and oxygen atoms in total. The highest BCUT2D eigenvalue weighted by atomic mass is 19.4. The lowest BCUT2D eigenvalue weighted by atomic mass is 9.96. The molecule has 1 aliphatic heterocycles. The van der Waals surface area contributed by atoms with E-state index in [0.29, 0.717) is 53.9 Å². The first-order valence-electron chi connectivity index (χ1n) is 11.5. The second kappa shape index (κ2) is 10.4. The van der Waals surface area contributed by atoms with Crippen LogP contribution < -0.4 is 4.74 Å². The number of rotatable bonds is 7. The Kier molecular flexibility index (Phi) is 6.81. The third-order valence-corrected chi connectivity index (χ3v) is 5.83. The van der Waals surface area contributed by atoms with Crippen molar-refractivity contribution in [1.29, 1.82) is 0 Å². The normalized spacial score (nSPS) is 13.9. The predicted molar refractivity (Wildman–Crippen MR) is 127 cm³/mol. The SMILES string of the molecule is Cc1oc(/C=C/C(F)(F)F)nc1COc1cc2c(cc1-c1nn[nH]n1)CCN(C(=O)/C=C/c1ccco1)C2. The number of halogens is 3. The summed E-state index contributed by atoms with van der Waals surface area (Å²) in [5.41, 5.74) is 2.80. The predicted octanol–water partition coefficient (Wildman–Crippen LogP) is 4.51. The maximum atomic E-state index is 12.7. The van der Waals surface area contributed by atoms with Crippen molar-refractivity contribution in [2.75, 3.05) is 6.54 Å². The molecule has 0 aliphatic carbocycles. The quantitative estimate of drug-likeness (QED) is 0.349. The number of amides is 1. The zero-order valence-electron chi connectivity index (χ0n) is 20.0. The summed E-state index contributed by atoms with van der Waals surface area (Å²) in [6, 6.07) is 7.19. The number of ether oxygens (including phenoxy) is 1. The first kappa shape index (κ1) is 25.0. The smallest absolute Gasteiger partial charge is 0.409 e. The van der Waals surface area contributed by atoms with E-state index >= 15 is 0 Å². The van der Waals surface area contributed by atoms with E-state index in [4.69, 9.17) is 13.6 Å². The van der Waals surface area contributed by atoms with Crippen LogP contribution in [0.2, 0.25) is 0 Å². The van der Waals surface area contributed by atoms with E-state index in [2.05, 4.69) is 25.6 Å². The first-order chi connectivity index (χ1) is 18.2. The van der Waals surface area contributed by atoms with Crippen molar-refractivity contribution >= 4 is 18.1 Å². The van der Waals surface area contributed by atoms with E-state index in [-0.39, 0.29) is 24.5 Å². The molecular weight excluding hydrogens is 505 g/mol. The van der Waals surface area contributed by atoms with Crippen LogP contribution in [0, 0.1) is 6.92 Å². The Hall–Kier alpha value is -4.68. The summed E-state index contributed by atoms with van der Waals surface area (Å²) < 4.78 is 54.0. The molecule has 196 valence electrons. The number of hydrogen-bond donors (Lipinski definition) is 1. The number of hydrogen-bond acceptors (Lipinski definition) is 8. The molecule has 4 heterocycles. The van der Waals surface area contributed by atoms with Gasteiger partial charge in [-0.05, 0) is 60.0 Å². The van der Waals surface area contributed by atoms with Gasteiger partial charge in [0.25, 0.3) is 0 Å². The lowest BCUT2D eigenvalue weighted by Gasteiger charge is -2.29. The van der Waals surface area contributed by atoms with Gasteiger partial charge in [-0.2, -0.15) is 18.4 Å². The molecule has 1 aliphatic rings. The number of aryl methyl sites for hydroxylation is 1. The highest BCUT2D eigenvalue weighted by molar-refractivity contribution is 5.91. The summed E-state index contributed by atoms with van der Waals surface area (Å²) in [5, 5.41) is 14.1. The van der Waals surface area contributed by atoms with Crippen LogP contribution in [0.5, 0.6) is 5.75 Å². The Balaban J connectivity index is 1.37. The second-order valence-corrected chi connectivity index (χ2v) is 8.43. The largest absolute Gasteiger partial charge is 0.486 e. The fourth-order valence-electron chi connectivity index (χ4n) is 3.96. The van der Waals surface area contributed by atoms with Crippen LogP contribution in [0.25, 0.3) is 23.5 Å². The van der Waals surface area contributed by atoms with Crippen LogP contribution in [0.1, 0.15) is 34.2 Å². The Morgan fingerprint density at radius 2 is 2.13 bits per heavy atom. The van der Waals surface area contributed by atoms with Gasteiger partial charge in [0.2, 0.25) is 17.6 Å². The monoisotopic (exact) mass is 526 g/mol. The van der Waals surface area contributed by atoms with Gasteiger partial charge in [0.15, 0.2) is 0 Å². The summed E-state index contributed by atoms with van der Waals surface area (Å²) in [6.07, 6.45) is 1.55. The number of aromatic amines is 1. The number of allylic oxidation sites excluding steroid dienone is 1. The summed E-state index contributed by atoms with van der Waals surface area (Å²) in [4.78, 5) is 18.5. The van der Waals surface area contributed by atoms with Crippen LogP contribution in [0.4, 0.5) is 13.2 Å². The number of nitrogens with one attached hydrogen (secondary N) is 1. The Morgan fingerprint density at radius 1 is 1.26 bits per heavy atom. The molecule has 1 amide bonds. The molecule has 0 atom stereocenters. The molecule has 1 N–H and O–H groups in total. The number of H-pyrrole nitrogens is 1. The van der Waals surface area contributed by atoms with Crippen molar-refractivity contribution in [3.05, 3.63) is 76.9 Å². The molecular formula is C25H21F3N6O4. The highest BCUT2D eigenvalue weighted by Gasteiger charge is 2.24. The summed E-state index contributed by atoms with van der Waals surface area (Å²) in [5.74, 6) is 1.28. The van der Waals surface area contributed by atoms with Crippen LogP contribution in [-0.4, -0.2) is 49.1 Å². The molecule has 0 unspecified atom stereocenters. The van der Waals surface area contributed by atoms with E-state index in [1.165, 1.54) is 12.3 Å². The van der Waals surface area contributed by atoms with E-state index < -0.39 is 6.18 Å². The van der Waals surface area contributed by atoms with E-state index in [9.17, 15) is 18.0 Å². The molecule has 1 aromatic carbocycles. The Bertz CT molecular complexity index is 1470. The Morgan fingerprint density at radius 3 is 2.87 bits per heavy atom. The van der Waals surface area contributed by atoms with E-state index in [1.54, 1.807) is 36.1 Å². The minimum absolute atomic E-state index is 0.0532. The third-order valence-electron chi connectivity index (χ3n) is 5.83.